The minimum atomic E-state index is -1.65. The van der Waals surface area contributed by atoms with Crippen molar-refractivity contribution in [3.63, 3.8) is 0 Å². The van der Waals surface area contributed by atoms with Crippen LogP contribution in [-0.2, 0) is 14.0 Å². The first-order chi connectivity index (χ1) is 9.50. The van der Waals surface area contributed by atoms with Gasteiger partial charge in [0.2, 0.25) is 0 Å². The van der Waals surface area contributed by atoms with Gasteiger partial charge in [-0.15, -0.1) is 0 Å². The van der Waals surface area contributed by atoms with Crippen LogP contribution in [0.15, 0.2) is 12.2 Å². The molecule has 2 atom stereocenters. The van der Waals surface area contributed by atoms with Crippen LogP contribution in [0.5, 0.6) is 0 Å². The SMILES string of the molecule is CC(C)(C)C(=O)OC[C@@]12CC=C[C@]1(O[Si](C)(C)C)CCC2. The number of esters is 1. The predicted molar refractivity (Wildman–Crippen MR) is 87.6 cm³/mol. The summed E-state index contributed by atoms with van der Waals surface area (Å²) in [5.41, 5.74) is -0.673. The van der Waals surface area contributed by atoms with Crippen molar-refractivity contribution in [1.29, 1.82) is 0 Å². The Balaban J connectivity index is 2.15. The number of carbonyl (C=O) groups is 1. The molecule has 0 saturated heterocycles. The molecule has 0 aromatic carbocycles. The molecule has 0 aliphatic heterocycles. The highest BCUT2D eigenvalue weighted by Crippen LogP contribution is 2.57. The smallest absolute Gasteiger partial charge is 0.311 e. The predicted octanol–water partition coefficient (Wildman–Crippen LogP) is 4.30. The molecule has 0 unspecified atom stereocenters. The summed E-state index contributed by atoms with van der Waals surface area (Å²) in [5, 5.41) is 0. The van der Waals surface area contributed by atoms with E-state index in [0.29, 0.717) is 6.61 Å². The van der Waals surface area contributed by atoms with Crippen LogP contribution in [0.1, 0.15) is 46.5 Å². The van der Waals surface area contributed by atoms with Crippen LogP contribution in [0.3, 0.4) is 0 Å². The van der Waals surface area contributed by atoms with Gasteiger partial charge in [-0.3, -0.25) is 4.79 Å². The Morgan fingerprint density at radius 3 is 2.48 bits per heavy atom. The maximum absolute atomic E-state index is 12.1. The molecule has 1 saturated carbocycles. The van der Waals surface area contributed by atoms with Gasteiger partial charge in [0, 0.05) is 5.41 Å². The van der Waals surface area contributed by atoms with E-state index in [1.165, 1.54) is 0 Å². The van der Waals surface area contributed by atoms with Gasteiger partial charge in [0.1, 0.15) is 6.61 Å². The van der Waals surface area contributed by atoms with Crippen LogP contribution >= 0.6 is 0 Å². The van der Waals surface area contributed by atoms with Gasteiger partial charge < -0.3 is 9.16 Å². The number of carbonyl (C=O) groups excluding carboxylic acids is 1. The summed E-state index contributed by atoms with van der Waals surface area (Å²) in [5.74, 6) is -0.113. The van der Waals surface area contributed by atoms with E-state index in [2.05, 4.69) is 31.8 Å². The van der Waals surface area contributed by atoms with Gasteiger partial charge in [0.05, 0.1) is 11.0 Å². The van der Waals surface area contributed by atoms with Gasteiger partial charge in [0.25, 0.3) is 0 Å². The molecule has 0 amide bonds. The van der Waals surface area contributed by atoms with Gasteiger partial charge in [-0.05, 0) is 66.1 Å². The lowest BCUT2D eigenvalue weighted by atomic mass is 9.77. The number of hydrogen-bond donors (Lipinski definition) is 0. The fourth-order valence-corrected chi connectivity index (χ4v) is 5.07. The van der Waals surface area contributed by atoms with Crippen LogP contribution in [0.4, 0.5) is 0 Å². The van der Waals surface area contributed by atoms with Crippen molar-refractivity contribution in [2.45, 2.75) is 71.7 Å². The van der Waals surface area contributed by atoms with E-state index in [1.54, 1.807) is 0 Å². The molecule has 1 fully saturated rings. The van der Waals surface area contributed by atoms with Crippen molar-refractivity contribution < 1.29 is 14.0 Å². The largest absolute Gasteiger partial charge is 0.465 e. The second-order valence-corrected chi connectivity index (χ2v) is 13.1. The molecule has 2 rings (SSSR count). The van der Waals surface area contributed by atoms with Gasteiger partial charge in [-0.1, -0.05) is 12.2 Å². The second-order valence-electron chi connectivity index (χ2n) is 8.67. The van der Waals surface area contributed by atoms with Crippen LogP contribution in [0, 0.1) is 10.8 Å². The molecule has 21 heavy (non-hydrogen) atoms. The lowest BCUT2D eigenvalue weighted by Crippen LogP contribution is -2.50. The van der Waals surface area contributed by atoms with E-state index in [1.807, 2.05) is 20.8 Å². The Hall–Kier alpha value is -0.613. The molecule has 0 spiro atoms. The molecule has 0 radical (unpaired) electrons. The van der Waals surface area contributed by atoms with Crippen LogP contribution < -0.4 is 0 Å². The average Bonchev–Trinajstić information content (AvgIpc) is 2.76. The highest BCUT2D eigenvalue weighted by atomic mass is 28.4. The summed E-state index contributed by atoms with van der Waals surface area (Å²) >= 11 is 0. The number of ether oxygens (including phenoxy) is 1. The highest BCUT2D eigenvalue weighted by Gasteiger charge is 2.58. The minimum Gasteiger partial charge on any atom is -0.465 e. The van der Waals surface area contributed by atoms with E-state index in [4.69, 9.17) is 9.16 Å². The van der Waals surface area contributed by atoms with E-state index >= 15 is 0 Å². The van der Waals surface area contributed by atoms with Crippen LogP contribution in [0.25, 0.3) is 0 Å². The van der Waals surface area contributed by atoms with E-state index < -0.39 is 13.7 Å². The van der Waals surface area contributed by atoms with E-state index in [-0.39, 0.29) is 17.0 Å². The summed E-state index contributed by atoms with van der Waals surface area (Å²) in [4.78, 5) is 12.1. The first-order valence-electron chi connectivity index (χ1n) is 8.05. The Bertz CT molecular complexity index is 444. The van der Waals surface area contributed by atoms with Crippen molar-refractivity contribution in [3.05, 3.63) is 12.2 Å². The van der Waals surface area contributed by atoms with Gasteiger partial charge in [-0.2, -0.15) is 0 Å². The molecule has 0 aromatic rings. The average molecular weight is 311 g/mol. The molecule has 0 aromatic heterocycles. The minimum absolute atomic E-state index is 0.0335. The molecule has 2 aliphatic carbocycles. The fourth-order valence-electron chi connectivity index (χ4n) is 3.59. The van der Waals surface area contributed by atoms with E-state index in [9.17, 15) is 4.79 Å². The number of allylic oxidation sites excluding steroid dienone is 1. The lowest BCUT2D eigenvalue weighted by Gasteiger charge is -2.44. The molecule has 0 heterocycles. The van der Waals surface area contributed by atoms with Gasteiger partial charge >= 0.3 is 5.97 Å². The number of hydrogen-bond acceptors (Lipinski definition) is 3. The molecule has 4 heteroatoms. The molecule has 120 valence electrons. The first kappa shape index (κ1) is 16.8. The van der Waals surface area contributed by atoms with Crippen LogP contribution in [-0.4, -0.2) is 26.5 Å². The summed E-state index contributed by atoms with van der Waals surface area (Å²) in [6.07, 6.45) is 8.74. The first-order valence-corrected chi connectivity index (χ1v) is 11.5. The van der Waals surface area contributed by atoms with Crippen molar-refractivity contribution in [2.75, 3.05) is 6.61 Å². The summed E-state index contributed by atoms with van der Waals surface area (Å²) in [6, 6.07) is 0. The number of rotatable bonds is 4. The third-order valence-corrected chi connectivity index (χ3v) is 5.55. The highest BCUT2D eigenvalue weighted by molar-refractivity contribution is 6.69. The molecule has 0 N–H and O–H groups in total. The third-order valence-electron chi connectivity index (χ3n) is 4.58. The molecule has 0 bridgehead atoms. The fraction of sp³-hybridized carbons (Fsp3) is 0.824. The van der Waals surface area contributed by atoms with Crippen molar-refractivity contribution in [3.8, 4) is 0 Å². The monoisotopic (exact) mass is 310 g/mol. The molecule has 2 aliphatic rings. The van der Waals surface area contributed by atoms with Crippen molar-refractivity contribution in [2.24, 2.45) is 10.8 Å². The zero-order valence-corrected chi connectivity index (χ0v) is 15.4. The summed E-state index contributed by atoms with van der Waals surface area (Å²) in [7, 11) is -1.65. The van der Waals surface area contributed by atoms with Crippen molar-refractivity contribution >= 4 is 14.3 Å². The van der Waals surface area contributed by atoms with Gasteiger partial charge in [0.15, 0.2) is 8.32 Å². The zero-order valence-electron chi connectivity index (χ0n) is 14.4. The maximum atomic E-state index is 12.1. The maximum Gasteiger partial charge on any atom is 0.311 e. The molecular formula is C17H30O3Si. The van der Waals surface area contributed by atoms with Gasteiger partial charge in [-0.25, -0.2) is 0 Å². The molecule has 3 nitrogen and oxygen atoms in total. The van der Waals surface area contributed by atoms with Crippen LogP contribution in [0.2, 0.25) is 19.6 Å². The number of fused-ring (bicyclic) bond motifs is 1. The van der Waals surface area contributed by atoms with E-state index in [0.717, 1.165) is 25.7 Å². The third kappa shape index (κ3) is 3.26. The quantitative estimate of drug-likeness (QED) is 0.441. The second kappa shape index (κ2) is 5.23. The topological polar surface area (TPSA) is 35.5 Å². The molecular weight excluding hydrogens is 280 g/mol. The standard InChI is InChI=1S/C17H30O3Si/c1-15(2,3)14(18)19-13-16-9-7-11-17(16,12-8-10-16)20-21(4,5)6/h7,11H,8-10,12-13H2,1-6H3/t16-,17-/m0/s1. The Kier molecular flexibility index (Phi) is 4.18. The Morgan fingerprint density at radius 1 is 1.24 bits per heavy atom. The zero-order chi connectivity index (χ0) is 15.9. The Morgan fingerprint density at radius 2 is 1.90 bits per heavy atom. The normalized spacial score (nSPS) is 32.3. The lowest BCUT2D eigenvalue weighted by molar-refractivity contribution is -0.160. The summed E-state index contributed by atoms with van der Waals surface area (Å²) in [6.45, 7) is 12.9. The summed E-state index contributed by atoms with van der Waals surface area (Å²) < 4.78 is 12.3. The Labute approximate surface area is 130 Å². The van der Waals surface area contributed by atoms with Crippen molar-refractivity contribution in [1.82, 2.24) is 0 Å².